The summed E-state index contributed by atoms with van der Waals surface area (Å²) in [6.07, 6.45) is 3.95. The molecule has 1 spiro atoms. The van der Waals surface area contributed by atoms with Gasteiger partial charge >= 0.3 is 0 Å². The highest BCUT2D eigenvalue weighted by Crippen LogP contribution is 2.44. The number of likely N-dealkylation sites (tertiary alicyclic amines) is 1. The molecule has 2 amide bonds. The van der Waals surface area contributed by atoms with Gasteiger partial charge in [0.1, 0.15) is 0 Å². The predicted octanol–water partition coefficient (Wildman–Crippen LogP) is 1.85. The van der Waals surface area contributed by atoms with Crippen LogP contribution in [0.25, 0.3) is 0 Å². The van der Waals surface area contributed by atoms with Crippen LogP contribution in [-0.2, 0) is 20.1 Å². The van der Waals surface area contributed by atoms with E-state index in [1.54, 1.807) is 18.2 Å². The van der Waals surface area contributed by atoms with Crippen LogP contribution < -0.4 is 5.32 Å². The van der Waals surface area contributed by atoms with Gasteiger partial charge in [-0.05, 0) is 37.8 Å². The molecule has 0 bridgehead atoms. The normalized spacial score (nSPS) is 22.8. The first kappa shape index (κ1) is 14.7. The van der Waals surface area contributed by atoms with Gasteiger partial charge in [-0.25, -0.2) is 0 Å². The third-order valence-electron chi connectivity index (χ3n) is 4.71. The number of carbonyl (C=O) groups is 2. The molecule has 0 saturated carbocycles. The van der Waals surface area contributed by atoms with Crippen LogP contribution in [0, 0.1) is 0 Å². The van der Waals surface area contributed by atoms with Gasteiger partial charge in [0.05, 0.1) is 30.0 Å². The molecule has 0 aromatic heterocycles. The average Bonchev–Trinajstić information content (AvgIpc) is 2.88. The Balaban J connectivity index is 1.77. The van der Waals surface area contributed by atoms with E-state index in [1.807, 2.05) is 4.90 Å². The summed E-state index contributed by atoms with van der Waals surface area (Å²) in [4.78, 5) is 27.3. The Kier molecular flexibility index (Phi) is 3.58. The van der Waals surface area contributed by atoms with Crippen LogP contribution in [0.3, 0.4) is 0 Å². The van der Waals surface area contributed by atoms with Crippen molar-refractivity contribution in [1.29, 1.82) is 0 Å². The Hall–Kier alpha value is -1.92. The first-order valence-corrected chi connectivity index (χ1v) is 8.24. The van der Waals surface area contributed by atoms with Crippen molar-refractivity contribution in [3.05, 3.63) is 29.3 Å². The summed E-state index contributed by atoms with van der Waals surface area (Å²) in [7, 11) is 0. The first-order chi connectivity index (χ1) is 11.2. The summed E-state index contributed by atoms with van der Waals surface area (Å²) in [5, 5.41) is 2.80. The highest BCUT2D eigenvalue weighted by Gasteiger charge is 2.53. The van der Waals surface area contributed by atoms with Crippen molar-refractivity contribution in [2.75, 3.05) is 31.6 Å². The smallest absolute Gasteiger partial charge is 0.289 e. The van der Waals surface area contributed by atoms with Crippen LogP contribution >= 0.6 is 0 Å². The van der Waals surface area contributed by atoms with Gasteiger partial charge in [-0.2, -0.15) is 0 Å². The summed E-state index contributed by atoms with van der Waals surface area (Å²) in [6.45, 7) is 2.41. The van der Waals surface area contributed by atoms with E-state index >= 15 is 0 Å². The van der Waals surface area contributed by atoms with Crippen LogP contribution in [-0.4, -0.2) is 43.0 Å². The third-order valence-corrected chi connectivity index (χ3v) is 4.71. The summed E-state index contributed by atoms with van der Waals surface area (Å²) < 4.78 is 11.5. The number of anilines is 1. The zero-order valence-corrected chi connectivity index (χ0v) is 13.0. The fraction of sp³-hybridized carbons (Fsp3) is 0.529. The molecule has 1 N–H and O–H groups in total. The van der Waals surface area contributed by atoms with Crippen LogP contribution in [0.15, 0.2) is 18.2 Å². The zero-order chi connectivity index (χ0) is 15.9. The lowest BCUT2D eigenvalue weighted by molar-refractivity contribution is -0.255. The fourth-order valence-electron chi connectivity index (χ4n) is 3.58. The topological polar surface area (TPSA) is 67.9 Å². The molecule has 0 radical (unpaired) electrons. The number of nitrogens with zero attached hydrogens (tertiary/aromatic N) is 1. The van der Waals surface area contributed by atoms with Crippen molar-refractivity contribution in [1.82, 2.24) is 4.90 Å². The molecule has 2 fully saturated rings. The largest absolute Gasteiger partial charge is 0.339 e. The quantitative estimate of drug-likeness (QED) is 0.858. The molecule has 3 aliphatic heterocycles. The second-order valence-corrected chi connectivity index (χ2v) is 6.20. The van der Waals surface area contributed by atoms with Crippen LogP contribution in [0.1, 0.15) is 41.6 Å². The van der Waals surface area contributed by atoms with E-state index in [2.05, 4.69) is 5.32 Å². The molecule has 0 aliphatic carbocycles. The van der Waals surface area contributed by atoms with Gasteiger partial charge in [-0.3, -0.25) is 9.59 Å². The first-order valence-electron chi connectivity index (χ1n) is 8.24. The second-order valence-electron chi connectivity index (χ2n) is 6.20. The van der Waals surface area contributed by atoms with E-state index in [9.17, 15) is 9.59 Å². The molecule has 6 heteroatoms. The van der Waals surface area contributed by atoms with Crippen LogP contribution in [0.4, 0.5) is 5.69 Å². The molecule has 1 aromatic carbocycles. The molecular formula is C17H20N2O4. The van der Waals surface area contributed by atoms with Gasteiger partial charge in [0.25, 0.3) is 17.6 Å². The summed E-state index contributed by atoms with van der Waals surface area (Å²) in [6, 6.07) is 5.34. The molecule has 0 atom stereocenters. The Labute approximate surface area is 134 Å². The highest BCUT2D eigenvalue weighted by molar-refractivity contribution is 6.09. The lowest BCUT2D eigenvalue weighted by Crippen LogP contribution is -2.45. The zero-order valence-electron chi connectivity index (χ0n) is 13.0. The number of benzene rings is 1. The van der Waals surface area contributed by atoms with Crippen molar-refractivity contribution in [2.24, 2.45) is 0 Å². The Bertz CT molecular complexity index is 646. The average molecular weight is 316 g/mol. The van der Waals surface area contributed by atoms with E-state index in [4.69, 9.17) is 9.47 Å². The summed E-state index contributed by atoms with van der Waals surface area (Å²) in [5.74, 6) is -1.85. The molecule has 122 valence electrons. The van der Waals surface area contributed by atoms with E-state index in [-0.39, 0.29) is 11.8 Å². The van der Waals surface area contributed by atoms with Gasteiger partial charge in [-0.1, -0.05) is 6.07 Å². The van der Waals surface area contributed by atoms with Crippen molar-refractivity contribution in [3.8, 4) is 0 Å². The minimum Gasteiger partial charge on any atom is -0.339 e. The Morgan fingerprint density at radius 2 is 1.83 bits per heavy atom. The van der Waals surface area contributed by atoms with Gasteiger partial charge < -0.3 is 19.7 Å². The monoisotopic (exact) mass is 316 g/mol. The van der Waals surface area contributed by atoms with E-state index in [0.29, 0.717) is 30.0 Å². The molecule has 6 nitrogen and oxygen atoms in total. The van der Waals surface area contributed by atoms with Crippen molar-refractivity contribution < 1.29 is 19.1 Å². The van der Waals surface area contributed by atoms with E-state index in [1.165, 1.54) is 0 Å². The number of amides is 2. The van der Waals surface area contributed by atoms with Crippen molar-refractivity contribution in [2.45, 2.75) is 31.5 Å². The molecule has 3 aliphatic rings. The number of fused-ring (bicyclic) bond motifs is 2. The van der Waals surface area contributed by atoms with E-state index < -0.39 is 5.79 Å². The standard InChI is InChI=1S/C17H20N2O4/c20-15(19-8-2-1-3-9-19)12-6-4-7-13-14(12)17(16(21)18-13)22-10-5-11-23-17/h4,6-7H,1-3,5,8-11H2,(H,18,21). The van der Waals surface area contributed by atoms with Gasteiger partial charge in [-0.15, -0.1) is 0 Å². The molecule has 3 heterocycles. The molecule has 0 unspecified atom stereocenters. The second kappa shape index (κ2) is 5.62. The molecule has 23 heavy (non-hydrogen) atoms. The Morgan fingerprint density at radius 3 is 2.57 bits per heavy atom. The predicted molar refractivity (Wildman–Crippen MR) is 83.0 cm³/mol. The van der Waals surface area contributed by atoms with Gasteiger partial charge in [0.15, 0.2) is 0 Å². The number of hydrogen-bond donors (Lipinski definition) is 1. The van der Waals surface area contributed by atoms with E-state index in [0.717, 1.165) is 38.8 Å². The summed E-state index contributed by atoms with van der Waals surface area (Å²) >= 11 is 0. The number of nitrogens with one attached hydrogen (secondary N) is 1. The highest BCUT2D eigenvalue weighted by atomic mass is 16.7. The number of carbonyl (C=O) groups excluding carboxylic acids is 2. The number of ether oxygens (including phenoxy) is 2. The maximum Gasteiger partial charge on any atom is 0.289 e. The lowest BCUT2D eigenvalue weighted by atomic mass is 9.97. The van der Waals surface area contributed by atoms with Gasteiger partial charge in [0.2, 0.25) is 0 Å². The van der Waals surface area contributed by atoms with Gasteiger partial charge in [0, 0.05) is 13.1 Å². The van der Waals surface area contributed by atoms with Crippen molar-refractivity contribution >= 4 is 17.5 Å². The lowest BCUT2D eigenvalue weighted by Gasteiger charge is -2.33. The number of hydrogen-bond acceptors (Lipinski definition) is 4. The fourth-order valence-corrected chi connectivity index (χ4v) is 3.58. The SMILES string of the molecule is O=C(c1cccc2c1C1(OCCCO1)C(=O)N2)N1CCCCC1. The molecular weight excluding hydrogens is 296 g/mol. The van der Waals surface area contributed by atoms with Crippen LogP contribution in [0.5, 0.6) is 0 Å². The maximum atomic E-state index is 13.0. The van der Waals surface area contributed by atoms with Crippen molar-refractivity contribution in [3.63, 3.8) is 0 Å². The molecule has 4 rings (SSSR count). The number of piperidine rings is 1. The van der Waals surface area contributed by atoms with Crippen LogP contribution in [0.2, 0.25) is 0 Å². The molecule has 1 aromatic rings. The number of rotatable bonds is 1. The third kappa shape index (κ3) is 2.24. The minimum absolute atomic E-state index is 0.0461. The summed E-state index contributed by atoms with van der Waals surface area (Å²) in [5.41, 5.74) is 1.66. The molecule has 2 saturated heterocycles. The minimum atomic E-state index is -1.46. The maximum absolute atomic E-state index is 13.0. The Morgan fingerprint density at radius 1 is 1.09 bits per heavy atom.